The lowest BCUT2D eigenvalue weighted by Gasteiger charge is -1.90. The fourth-order valence-corrected chi connectivity index (χ4v) is 2.27. The molecule has 0 spiro atoms. The summed E-state index contributed by atoms with van der Waals surface area (Å²) in [7, 11) is 0. The highest BCUT2D eigenvalue weighted by Gasteiger charge is 2.10. The highest BCUT2D eigenvalue weighted by molar-refractivity contribution is 6.17. The van der Waals surface area contributed by atoms with Crippen molar-refractivity contribution in [3.05, 3.63) is 48.7 Å². The van der Waals surface area contributed by atoms with E-state index in [0.717, 1.165) is 32.9 Å². The summed E-state index contributed by atoms with van der Waals surface area (Å²) in [4.78, 5) is 0. The summed E-state index contributed by atoms with van der Waals surface area (Å²) < 4.78 is 11.2. The van der Waals surface area contributed by atoms with E-state index in [1.165, 1.54) is 0 Å². The second-order valence-corrected chi connectivity index (χ2v) is 3.87. The van der Waals surface area contributed by atoms with Crippen LogP contribution in [-0.2, 0) is 0 Å². The van der Waals surface area contributed by atoms with Crippen molar-refractivity contribution >= 4 is 32.9 Å². The van der Waals surface area contributed by atoms with E-state index in [1.54, 1.807) is 6.26 Å². The molecule has 0 saturated carbocycles. The molecular weight excluding hydrogens is 200 g/mol. The quantitative estimate of drug-likeness (QED) is 0.430. The Kier molecular flexibility index (Phi) is 1.33. The van der Waals surface area contributed by atoms with Crippen LogP contribution in [0.2, 0.25) is 0 Å². The van der Waals surface area contributed by atoms with Crippen molar-refractivity contribution in [3.63, 3.8) is 0 Å². The maximum Gasteiger partial charge on any atom is 0.136 e. The van der Waals surface area contributed by atoms with Crippen molar-refractivity contribution in [3.8, 4) is 0 Å². The highest BCUT2D eigenvalue weighted by atomic mass is 16.3. The Labute approximate surface area is 91.1 Å². The van der Waals surface area contributed by atoms with Gasteiger partial charge in [-0.05, 0) is 24.3 Å². The van der Waals surface area contributed by atoms with Crippen LogP contribution in [0, 0.1) is 0 Å². The van der Waals surface area contributed by atoms with Crippen LogP contribution in [0.15, 0.2) is 57.6 Å². The summed E-state index contributed by atoms with van der Waals surface area (Å²) >= 11 is 0. The van der Waals surface area contributed by atoms with Crippen molar-refractivity contribution in [2.45, 2.75) is 0 Å². The van der Waals surface area contributed by atoms with Crippen LogP contribution >= 0.6 is 0 Å². The Hall–Kier alpha value is -2.22. The van der Waals surface area contributed by atoms with Crippen LogP contribution in [0.25, 0.3) is 32.9 Å². The summed E-state index contributed by atoms with van der Waals surface area (Å²) in [5.41, 5.74) is 2.74. The molecule has 0 unspecified atom stereocenters. The molecule has 0 aliphatic heterocycles. The van der Waals surface area contributed by atoms with E-state index in [9.17, 15) is 0 Å². The summed E-state index contributed by atoms with van der Waals surface area (Å²) in [6.45, 7) is 0. The number of furan rings is 2. The highest BCUT2D eigenvalue weighted by Crippen LogP contribution is 2.34. The van der Waals surface area contributed by atoms with Crippen LogP contribution in [0.3, 0.4) is 0 Å². The number of benzene rings is 2. The largest absolute Gasteiger partial charge is 0.464 e. The summed E-state index contributed by atoms with van der Waals surface area (Å²) in [5.74, 6) is 0. The fourth-order valence-electron chi connectivity index (χ4n) is 2.27. The second kappa shape index (κ2) is 2.67. The number of rotatable bonds is 0. The standard InChI is InChI=1S/C14H8O2/c1-2-4-12-9(3-1)14-10-7-8-15-11(10)5-6-13(14)16-12/h1-8H. The maximum atomic E-state index is 5.79. The first-order valence-electron chi connectivity index (χ1n) is 5.21. The van der Waals surface area contributed by atoms with Crippen LogP contribution in [0.5, 0.6) is 0 Å². The van der Waals surface area contributed by atoms with Gasteiger partial charge in [-0.15, -0.1) is 0 Å². The summed E-state index contributed by atoms with van der Waals surface area (Å²) in [6, 6.07) is 14.0. The fraction of sp³-hybridized carbons (Fsp3) is 0. The molecule has 0 radical (unpaired) electrons. The van der Waals surface area contributed by atoms with Crippen LogP contribution in [0.1, 0.15) is 0 Å². The first-order valence-corrected chi connectivity index (χ1v) is 5.21. The van der Waals surface area contributed by atoms with Crippen LogP contribution in [-0.4, -0.2) is 0 Å². The predicted octanol–water partition coefficient (Wildman–Crippen LogP) is 4.33. The van der Waals surface area contributed by atoms with E-state index in [2.05, 4.69) is 6.07 Å². The molecule has 4 rings (SSSR count). The molecule has 2 heteroatoms. The maximum absolute atomic E-state index is 5.79. The van der Waals surface area contributed by atoms with E-state index in [0.29, 0.717) is 0 Å². The zero-order valence-electron chi connectivity index (χ0n) is 8.44. The zero-order valence-corrected chi connectivity index (χ0v) is 8.44. The third-order valence-electron chi connectivity index (χ3n) is 2.97. The van der Waals surface area contributed by atoms with Gasteiger partial charge in [-0.1, -0.05) is 18.2 Å². The van der Waals surface area contributed by atoms with E-state index >= 15 is 0 Å². The lowest BCUT2D eigenvalue weighted by Crippen LogP contribution is -1.67. The number of para-hydroxylation sites is 1. The summed E-state index contributed by atoms with van der Waals surface area (Å²) in [5, 5.41) is 3.40. The van der Waals surface area contributed by atoms with Gasteiger partial charge in [0, 0.05) is 16.2 Å². The molecule has 16 heavy (non-hydrogen) atoms. The Bertz CT molecular complexity index is 805. The van der Waals surface area contributed by atoms with Crippen molar-refractivity contribution in [2.24, 2.45) is 0 Å². The Morgan fingerprint density at radius 2 is 1.50 bits per heavy atom. The minimum absolute atomic E-state index is 0.902. The zero-order chi connectivity index (χ0) is 10.5. The molecule has 76 valence electrons. The summed E-state index contributed by atoms with van der Waals surface area (Å²) in [6.07, 6.45) is 1.71. The Balaban J connectivity index is 2.42. The molecule has 2 heterocycles. The average Bonchev–Trinajstić information content (AvgIpc) is 2.91. The van der Waals surface area contributed by atoms with Gasteiger partial charge in [0.05, 0.1) is 6.26 Å². The van der Waals surface area contributed by atoms with Gasteiger partial charge in [0.25, 0.3) is 0 Å². The number of fused-ring (bicyclic) bond motifs is 5. The van der Waals surface area contributed by atoms with Gasteiger partial charge in [0.2, 0.25) is 0 Å². The SMILES string of the molecule is c1ccc2c(c1)oc1ccc3occc3c12. The van der Waals surface area contributed by atoms with Gasteiger partial charge in [-0.3, -0.25) is 0 Å². The van der Waals surface area contributed by atoms with Crippen molar-refractivity contribution in [1.82, 2.24) is 0 Å². The van der Waals surface area contributed by atoms with E-state index in [4.69, 9.17) is 8.83 Å². The average molecular weight is 208 g/mol. The van der Waals surface area contributed by atoms with Crippen molar-refractivity contribution in [2.75, 3.05) is 0 Å². The third kappa shape index (κ3) is 0.865. The molecule has 0 aliphatic carbocycles. The van der Waals surface area contributed by atoms with Gasteiger partial charge in [-0.25, -0.2) is 0 Å². The molecule has 0 aliphatic rings. The molecule has 0 atom stereocenters. The Morgan fingerprint density at radius 1 is 0.688 bits per heavy atom. The normalized spacial score (nSPS) is 11.8. The van der Waals surface area contributed by atoms with Gasteiger partial charge >= 0.3 is 0 Å². The van der Waals surface area contributed by atoms with Gasteiger partial charge in [-0.2, -0.15) is 0 Å². The van der Waals surface area contributed by atoms with Gasteiger partial charge < -0.3 is 8.83 Å². The van der Waals surface area contributed by atoms with E-state index < -0.39 is 0 Å². The molecule has 2 aromatic carbocycles. The number of hydrogen-bond acceptors (Lipinski definition) is 2. The molecule has 0 saturated heterocycles. The molecule has 0 bridgehead atoms. The van der Waals surface area contributed by atoms with Crippen molar-refractivity contribution < 1.29 is 8.83 Å². The molecule has 0 amide bonds. The second-order valence-electron chi connectivity index (χ2n) is 3.87. The predicted molar refractivity (Wildman–Crippen MR) is 63.5 cm³/mol. The monoisotopic (exact) mass is 208 g/mol. The smallest absolute Gasteiger partial charge is 0.136 e. The molecule has 2 nitrogen and oxygen atoms in total. The lowest BCUT2D eigenvalue weighted by molar-refractivity contribution is 0.615. The third-order valence-corrected chi connectivity index (χ3v) is 2.97. The first-order chi connectivity index (χ1) is 7.93. The van der Waals surface area contributed by atoms with Crippen molar-refractivity contribution in [1.29, 1.82) is 0 Å². The Morgan fingerprint density at radius 3 is 2.50 bits per heavy atom. The molecule has 0 fully saturated rings. The molecular formula is C14H8O2. The van der Waals surface area contributed by atoms with E-state index in [-0.39, 0.29) is 0 Å². The van der Waals surface area contributed by atoms with Crippen LogP contribution < -0.4 is 0 Å². The van der Waals surface area contributed by atoms with Gasteiger partial charge in [0.15, 0.2) is 0 Å². The van der Waals surface area contributed by atoms with Gasteiger partial charge in [0.1, 0.15) is 16.7 Å². The van der Waals surface area contributed by atoms with Crippen LogP contribution in [0.4, 0.5) is 0 Å². The topological polar surface area (TPSA) is 26.3 Å². The molecule has 0 N–H and O–H groups in total. The number of hydrogen-bond donors (Lipinski definition) is 0. The van der Waals surface area contributed by atoms with E-state index in [1.807, 2.05) is 36.4 Å². The minimum Gasteiger partial charge on any atom is -0.464 e. The lowest BCUT2D eigenvalue weighted by atomic mass is 10.1. The molecule has 4 aromatic rings. The first kappa shape index (κ1) is 7.99. The molecule has 2 aromatic heterocycles. The minimum atomic E-state index is 0.902.